The summed E-state index contributed by atoms with van der Waals surface area (Å²) in [5.74, 6) is -2.66. The van der Waals surface area contributed by atoms with E-state index in [9.17, 15) is 22.8 Å². The van der Waals surface area contributed by atoms with E-state index in [1.807, 2.05) is 35.6 Å². The molecule has 0 saturated heterocycles. The highest BCUT2D eigenvalue weighted by molar-refractivity contribution is 5.97. The van der Waals surface area contributed by atoms with Gasteiger partial charge >= 0.3 is 12.1 Å². The molecule has 2 N–H and O–H groups in total. The van der Waals surface area contributed by atoms with Crippen molar-refractivity contribution in [1.29, 1.82) is 0 Å². The number of rotatable bonds is 6. The van der Waals surface area contributed by atoms with Gasteiger partial charge in [0.1, 0.15) is 6.04 Å². The zero-order valence-electron chi connectivity index (χ0n) is 13.2. The molecule has 0 aliphatic heterocycles. The van der Waals surface area contributed by atoms with Crippen molar-refractivity contribution in [1.82, 2.24) is 15.1 Å². The highest BCUT2D eigenvalue weighted by atomic mass is 19.4. The molecule has 0 radical (unpaired) electrons. The van der Waals surface area contributed by atoms with E-state index in [0.717, 1.165) is 5.56 Å². The number of nitrogens with one attached hydrogen (secondary N) is 1. The Kier molecular flexibility index (Phi) is 5.45. The lowest BCUT2D eigenvalue weighted by molar-refractivity contribution is -0.157. The first-order valence-corrected chi connectivity index (χ1v) is 7.34. The summed E-state index contributed by atoms with van der Waals surface area (Å²) in [6.45, 7) is 1.97. The van der Waals surface area contributed by atoms with E-state index >= 15 is 0 Å². The quantitative estimate of drug-likeness (QED) is 0.833. The fourth-order valence-corrected chi connectivity index (χ4v) is 2.25. The van der Waals surface area contributed by atoms with Gasteiger partial charge in [-0.2, -0.15) is 18.3 Å². The molecule has 1 aromatic carbocycles. The first-order valence-electron chi connectivity index (χ1n) is 7.34. The van der Waals surface area contributed by atoms with Gasteiger partial charge in [0.05, 0.1) is 24.7 Å². The topological polar surface area (TPSA) is 84.2 Å². The fraction of sp³-hybridized carbons (Fsp3) is 0.312. The summed E-state index contributed by atoms with van der Waals surface area (Å²) < 4.78 is 38.8. The van der Waals surface area contributed by atoms with Gasteiger partial charge in [0.2, 0.25) is 0 Å². The molecule has 0 fully saturated rings. The minimum absolute atomic E-state index is 0.0318. The van der Waals surface area contributed by atoms with Crippen LogP contribution in [-0.4, -0.2) is 39.0 Å². The Morgan fingerprint density at radius 3 is 2.48 bits per heavy atom. The third kappa shape index (κ3) is 5.07. The van der Waals surface area contributed by atoms with Crippen molar-refractivity contribution in [2.75, 3.05) is 0 Å². The molecule has 0 bridgehead atoms. The molecule has 9 heteroatoms. The van der Waals surface area contributed by atoms with Crippen molar-refractivity contribution in [2.24, 2.45) is 0 Å². The third-order valence-electron chi connectivity index (χ3n) is 3.56. The lowest BCUT2D eigenvalue weighted by Crippen LogP contribution is -2.43. The van der Waals surface area contributed by atoms with Crippen molar-refractivity contribution in [3.05, 3.63) is 53.3 Å². The molecule has 1 atom stereocenters. The number of carboxylic acids is 1. The molecule has 1 amide bonds. The highest BCUT2D eigenvalue weighted by Crippen LogP contribution is 2.22. The van der Waals surface area contributed by atoms with Gasteiger partial charge in [-0.1, -0.05) is 30.3 Å². The van der Waals surface area contributed by atoms with Crippen molar-refractivity contribution >= 4 is 11.9 Å². The maximum absolute atomic E-state index is 12.4. The maximum Gasteiger partial charge on any atom is 0.391 e. The van der Waals surface area contributed by atoms with Crippen LogP contribution in [0.2, 0.25) is 0 Å². The van der Waals surface area contributed by atoms with Gasteiger partial charge in [-0.25, -0.2) is 4.79 Å². The molecule has 1 aromatic heterocycles. The molecule has 0 aliphatic carbocycles. The van der Waals surface area contributed by atoms with E-state index in [1.165, 1.54) is 10.9 Å². The normalized spacial score (nSPS) is 12.6. The van der Waals surface area contributed by atoms with Crippen LogP contribution in [0.15, 0.2) is 36.5 Å². The second-order valence-corrected chi connectivity index (χ2v) is 5.47. The van der Waals surface area contributed by atoms with E-state index < -0.39 is 30.5 Å². The van der Waals surface area contributed by atoms with Crippen LogP contribution >= 0.6 is 0 Å². The Morgan fingerprint density at radius 2 is 1.92 bits per heavy atom. The monoisotopic (exact) mass is 355 g/mol. The van der Waals surface area contributed by atoms with Gasteiger partial charge in [0.25, 0.3) is 5.91 Å². The molecule has 2 rings (SSSR count). The van der Waals surface area contributed by atoms with E-state index in [4.69, 9.17) is 5.11 Å². The summed E-state index contributed by atoms with van der Waals surface area (Å²) in [5.41, 5.74) is 1.39. The number of hydrogen-bond acceptors (Lipinski definition) is 3. The number of amides is 1. The zero-order chi connectivity index (χ0) is 18.6. The molecular weight excluding hydrogens is 339 g/mol. The number of carboxylic acid groups (broad SMARTS) is 1. The zero-order valence-corrected chi connectivity index (χ0v) is 13.2. The molecule has 1 unspecified atom stereocenters. The van der Waals surface area contributed by atoms with Crippen LogP contribution in [0.5, 0.6) is 0 Å². The predicted octanol–water partition coefficient (Wildman–Crippen LogP) is 2.38. The molecule has 0 aliphatic rings. The molecule has 134 valence electrons. The van der Waals surface area contributed by atoms with Gasteiger partial charge < -0.3 is 10.4 Å². The number of carbonyl (C=O) groups excluding carboxylic acids is 1. The summed E-state index contributed by atoms with van der Waals surface area (Å²) in [6, 6.07) is 7.22. The Morgan fingerprint density at radius 1 is 1.28 bits per heavy atom. The highest BCUT2D eigenvalue weighted by Gasteiger charge is 2.36. The standard InChI is InChI=1S/C16H16F3N3O3/c1-10-12(8-20-22(10)9-11-5-3-2-4-6-11)14(23)21-13(15(24)25)7-16(17,18)19/h2-6,8,13H,7,9H2,1H3,(H,21,23)(H,24,25). The number of alkyl halides is 3. The van der Waals surface area contributed by atoms with Crippen LogP contribution in [0, 0.1) is 6.92 Å². The Balaban J connectivity index is 2.13. The average molecular weight is 355 g/mol. The number of benzene rings is 1. The lowest BCUT2D eigenvalue weighted by Gasteiger charge is -2.16. The molecule has 6 nitrogen and oxygen atoms in total. The van der Waals surface area contributed by atoms with Crippen LogP contribution in [0.4, 0.5) is 13.2 Å². The number of halogens is 3. The van der Waals surface area contributed by atoms with Gasteiger partial charge in [-0.05, 0) is 12.5 Å². The van der Waals surface area contributed by atoms with E-state index in [0.29, 0.717) is 12.2 Å². The second-order valence-electron chi connectivity index (χ2n) is 5.47. The number of carbonyl (C=O) groups is 2. The Bertz CT molecular complexity index is 757. The fourth-order valence-electron chi connectivity index (χ4n) is 2.25. The van der Waals surface area contributed by atoms with Crippen molar-refractivity contribution in [3.8, 4) is 0 Å². The number of nitrogens with zero attached hydrogens (tertiary/aromatic N) is 2. The number of aliphatic carboxylic acids is 1. The minimum Gasteiger partial charge on any atom is -0.480 e. The van der Waals surface area contributed by atoms with E-state index in [2.05, 4.69) is 5.10 Å². The third-order valence-corrected chi connectivity index (χ3v) is 3.56. The average Bonchev–Trinajstić information content (AvgIpc) is 2.87. The Hall–Kier alpha value is -2.84. The molecule has 0 saturated carbocycles. The van der Waals surface area contributed by atoms with Crippen LogP contribution in [0.1, 0.15) is 28.0 Å². The van der Waals surface area contributed by atoms with Crippen molar-refractivity contribution < 1.29 is 27.9 Å². The molecule has 25 heavy (non-hydrogen) atoms. The molecule has 2 aromatic rings. The number of aromatic nitrogens is 2. The first-order chi connectivity index (χ1) is 11.7. The van der Waals surface area contributed by atoms with Crippen LogP contribution in [0.25, 0.3) is 0 Å². The van der Waals surface area contributed by atoms with Crippen LogP contribution in [0.3, 0.4) is 0 Å². The smallest absolute Gasteiger partial charge is 0.391 e. The van der Waals surface area contributed by atoms with Gasteiger partial charge in [0, 0.05) is 5.69 Å². The summed E-state index contributed by atoms with van der Waals surface area (Å²) in [5, 5.41) is 14.8. The van der Waals surface area contributed by atoms with E-state index in [-0.39, 0.29) is 5.56 Å². The summed E-state index contributed by atoms with van der Waals surface area (Å²) >= 11 is 0. The van der Waals surface area contributed by atoms with Gasteiger partial charge in [0.15, 0.2) is 0 Å². The molecule has 1 heterocycles. The summed E-state index contributed by atoms with van der Waals surface area (Å²) in [6.07, 6.45) is -5.14. The SMILES string of the molecule is Cc1c(C(=O)NC(CC(F)(F)F)C(=O)O)cnn1Cc1ccccc1. The van der Waals surface area contributed by atoms with Gasteiger partial charge in [-0.3, -0.25) is 9.48 Å². The lowest BCUT2D eigenvalue weighted by atomic mass is 10.1. The summed E-state index contributed by atoms with van der Waals surface area (Å²) in [7, 11) is 0. The molecule has 0 spiro atoms. The first kappa shape index (κ1) is 18.5. The maximum atomic E-state index is 12.4. The second kappa shape index (κ2) is 7.37. The Labute approximate surface area is 141 Å². The van der Waals surface area contributed by atoms with Crippen LogP contribution < -0.4 is 5.32 Å². The summed E-state index contributed by atoms with van der Waals surface area (Å²) in [4.78, 5) is 23.1. The van der Waals surface area contributed by atoms with Gasteiger partial charge in [-0.15, -0.1) is 0 Å². The van der Waals surface area contributed by atoms with E-state index in [1.54, 1.807) is 6.92 Å². The van der Waals surface area contributed by atoms with Crippen molar-refractivity contribution in [2.45, 2.75) is 32.1 Å². The minimum atomic E-state index is -4.71. The molecular formula is C16H16F3N3O3. The van der Waals surface area contributed by atoms with Crippen molar-refractivity contribution in [3.63, 3.8) is 0 Å². The van der Waals surface area contributed by atoms with Crippen LogP contribution in [-0.2, 0) is 11.3 Å². The largest absolute Gasteiger partial charge is 0.480 e. The number of hydrogen-bond donors (Lipinski definition) is 2. The predicted molar refractivity (Wildman–Crippen MR) is 82.1 cm³/mol.